The summed E-state index contributed by atoms with van der Waals surface area (Å²) in [6.45, 7) is 2.17. The van der Waals surface area contributed by atoms with Gasteiger partial charge in [-0.25, -0.2) is 0 Å². The molecule has 0 heterocycles. The maximum atomic E-state index is 8.92. The number of thioether (sulfide) groups is 1. The van der Waals surface area contributed by atoms with Crippen molar-refractivity contribution >= 4 is 27.7 Å². The lowest BCUT2D eigenvalue weighted by atomic mass is 10.2. The highest BCUT2D eigenvalue weighted by Gasteiger charge is 2.02. The molecule has 0 spiro atoms. The third-order valence-electron chi connectivity index (χ3n) is 1.82. The zero-order chi connectivity index (χ0) is 10.4. The Morgan fingerprint density at radius 1 is 1.50 bits per heavy atom. The third kappa shape index (κ3) is 3.36. The Kier molecular flexibility index (Phi) is 5.06. The van der Waals surface area contributed by atoms with Gasteiger partial charge in [-0.15, -0.1) is 11.8 Å². The molecule has 0 aliphatic carbocycles. The molecule has 74 valence electrons. The van der Waals surface area contributed by atoms with E-state index in [1.807, 2.05) is 18.2 Å². The summed E-state index contributed by atoms with van der Waals surface area (Å²) in [6.07, 6.45) is 2.40. The molecule has 3 heteroatoms. The molecule has 0 aliphatic heterocycles. The zero-order valence-electron chi connectivity index (χ0n) is 8.09. The van der Waals surface area contributed by atoms with Crippen molar-refractivity contribution < 1.29 is 0 Å². The van der Waals surface area contributed by atoms with Crippen molar-refractivity contribution in [2.45, 2.75) is 24.7 Å². The summed E-state index contributed by atoms with van der Waals surface area (Å²) >= 11 is 5.12. The fourth-order valence-electron chi connectivity index (χ4n) is 1.04. The fourth-order valence-corrected chi connectivity index (χ4v) is 2.48. The molecule has 1 aromatic carbocycles. The van der Waals surface area contributed by atoms with Crippen LogP contribution < -0.4 is 0 Å². The highest BCUT2D eigenvalue weighted by atomic mass is 79.9. The SMILES string of the molecule is CCCCSc1ccc(Br)cc1C#N. The molecule has 0 unspecified atom stereocenters. The number of halogens is 1. The molecular weight excluding hydrogens is 258 g/mol. The van der Waals surface area contributed by atoms with Crippen molar-refractivity contribution in [3.63, 3.8) is 0 Å². The first kappa shape index (κ1) is 11.6. The van der Waals surface area contributed by atoms with Crippen LogP contribution in [0.1, 0.15) is 25.3 Å². The van der Waals surface area contributed by atoms with E-state index in [9.17, 15) is 0 Å². The monoisotopic (exact) mass is 269 g/mol. The van der Waals surface area contributed by atoms with Crippen LogP contribution in [0.3, 0.4) is 0 Å². The number of nitriles is 1. The van der Waals surface area contributed by atoms with Crippen molar-refractivity contribution in [2.24, 2.45) is 0 Å². The average molecular weight is 270 g/mol. The third-order valence-corrected chi connectivity index (χ3v) is 3.47. The Hall–Kier alpha value is -0.460. The second-order valence-corrected chi connectivity index (χ2v) is 5.01. The number of benzene rings is 1. The van der Waals surface area contributed by atoms with Crippen LogP contribution in [0.25, 0.3) is 0 Å². The second kappa shape index (κ2) is 6.10. The van der Waals surface area contributed by atoms with Crippen LogP contribution in [0.4, 0.5) is 0 Å². The predicted octanol–water partition coefficient (Wildman–Crippen LogP) is 4.21. The van der Waals surface area contributed by atoms with Gasteiger partial charge in [-0.05, 0) is 30.4 Å². The fraction of sp³-hybridized carbons (Fsp3) is 0.364. The maximum absolute atomic E-state index is 8.92. The van der Waals surface area contributed by atoms with E-state index in [1.165, 1.54) is 12.8 Å². The lowest BCUT2D eigenvalue weighted by molar-refractivity contribution is 0.896. The largest absolute Gasteiger partial charge is 0.192 e. The molecule has 0 aliphatic rings. The molecule has 1 nitrogen and oxygen atoms in total. The summed E-state index contributed by atoms with van der Waals surface area (Å²) in [5.74, 6) is 1.09. The van der Waals surface area contributed by atoms with E-state index in [0.29, 0.717) is 0 Å². The van der Waals surface area contributed by atoms with E-state index in [1.54, 1.807) is 11.8 Å². The Labute approximate surface area is 97.6 Å². The van der Waals surface area contributed by atoms with Gasteiger partial charge in [0, 0.05) is 9.37 Å². The minimum Gasteiger partial charge on any atom is -0.192 e. The molecule has 0 amide bonds. The molecule has 0 saturated carbocycles. The summed E-state index contributed by atoms with van der Waals surface area (Å²) < 4.78 is 0.967. The van der Waals surface area contributed by atoms with Gasteiger partial charge in [-0.3, -0.25) is 0 Å². The quantitative estimate of drug-likeness (QED) is 0.604. The Morgan fingerprint density at radius 3 is 2.93 bits per heavy atom. The molecule has 0 radical (unpaired) electrons. The number of hydrogen-bond donors (Lipinski definition) is 0. The Balaban J connectivity index is 2.72. The average Bonchev–Trinajstić information content (AvgIpc) is 2.20. The van der Waals surface area contributed by atoms with Gasteiger partial charge in [0.1, 0.15) is 6.07 Å². The van der Waals surface area contributed by atoms with Crippen molar-refractivity contribution in [3.05, 3.63) is 28.2 Å². The summed E-state index contributed by atoms with van der Waals surface area (Å²) in [4.78, 5) is 1.09. The van der Waals surface area contributed by atoms with E-state index in [0.717, 1.165) is 20.7 Å². The van der Waals surface area contributed by atoms with Gasteiger partial charge in [0.05, 0.1) is 5.56 Å². The van der Waals surface area contributed by atoms with Crippen molar-refractivity contribution in [1.82, 2.24) is 0 Å². The number of unbranched alkanes of at least 4 members (excludes halogenated alkanes) is 1. The second-order valence-electron chi connectivity index (χ2n) is 2.95. The normalized spacial score (nSPS) is 9.79. The number of nitrogens with zero attached hydrogens (tertiary/aromatic N) is 1. The maximum Gasteiger partial charge on any atom is 0.100 e. The van der Waals surface area contributed by atoms with Gasteiger partial charge in [-0.1, -0.05) is 29.3 Å². The van der Waals surface area contributed by atoms with E-state index in [2.05, 4.69) is 28.9 Å². The Bertz CT molecular complexity index is 344. The van der Waals surface area contributed by atoms with Gasteiger partial charge < -0.3 is 0 Å². The van der Waals surface area contributed by atoms with Gasteiger partial charge in [0.25, 0.3) is 0 Å². The molecule has 1 rings (SSSR count). The lowest BCUT2D eigenvalue weighted by Gasteiger charge is -2.03. The standard InChI is InChI=1S/C11H12BrNS/c1-2-3-6-14-11-5-4-10(12)7-9(11)8-13/h4-5,7H,2-3,6H2,1H3. The molecule has 0 atom stereocenters. The van der Waals surface area contributed by atoms with Crippen LogP contribution >= 0.6 is 27.7 Å². The molecule has 0 bridgehead atoms. The van der Waals surface area contributed by atoms with Crippen molar-refractivity contribution in [3.8, 4) is 6.07 Å². The number of hydrogen-bond acceptors (Lipinski definition) is 2. The summed E-state index contributed by atoms with van der Waals surface area (Å²) in [6, 6.07) is 8.07. The van der Waals surface area contributed by atoms with Crippen molar-refractivity contribution in [1.29, 1.82) is 5.26 Å². The first-order chi connectivity index (χ1) is 6.77. The smallest absolute Gasteiger partial charge is 0.100 e. The lowest BCUT2D eigenvalue weighted by Crippen LogP contribution is -1.83. The van der Waals surface area contributed by atoms with Gasteiger partial charge >= 0.3 is 0 Å². The van der Waals surface area contributed by atoms with Gasteiger partial charge in [0.2, 0.25) is 0 Å². The van der Waals surface area contributed by atoms with Crippen LogP contribution in [0.15, 0.2) is 27.6 Å². The molecule has 0 N–H and O–H groups in total. The van der Waals surface area contributed by atoms with E-state index < -0.39 is 0 Å². The summed E-state index contributed by atoms with van der Waals surface area (Å²) in [5.41, 5.74) is 0.764. The van der Waals surface area contributed by atoms with Gasteiger partial charge in [-0.2, -0.15) is 5.26 Å². The van der Waals surface area contributed by atoms with E-state index in [-0.39, 0.29) is 0 Å². The first-order valence-corrected chi connectivity index (χ1v) is 6.38. The van der Waals surface area contributed by atoms with Crippen LogP contribution in [-0.4, -0.2) is 5.75 Å². The highest BCUT2D eigenvalue weighted by Crippen LogP contribution is 2.26. The minimum absolute atomic E-state index is 0.764. The van der Waals surface area contributed by atoms with Crippen LogP contribution in [-0.2, 0) is 0 Å². The topological polar surface area (TPSA) is 23.8 Å². The number of rotatable bonds is 4. The van der Waals surface area contributed by atoms with Crippen LogP contribution in [0.2, 0.25) is 0 Å². The van der Waals surface area contributed by atoms with E-state index in [4.69, 9.17) is 5.26 Å². The zero-order valence-corrected chi connectivity index (χ0v) is 10.5. The summed E-state index contributed by atoms with van der Waals surface area (Å²) in [7, 11) is 0. The van der Waals surface area contributed by atoms with Crippen LogP contribution in [0, 0.1) is 11.3 Å². The molecule has 0 saturated heterocycles. The first-order valence-electron chi connectivity index (χ1n) is 4.60. The van der Waals surface area contributed by atoms with Crippen molar-refractivity contribution in [2.75, 3.05) is 5.75 Å². The molecule has 1 aromatic rings. The molecule has 14 heavy (non-hydrogen) atoms. The van der Waals surface area contributed by atoms with E-state index >= 15 is 0 Å². The minimum atomic E-state index is 0.764. The molecule has 0 fully saturated rings. The molecule has 0 aromatic heterocycles. The van der Waals surface area contributed by atoms with Gasteiger partial charge in [0.15, 0.2) is 0 Å². The van der Waals surface area contributed by atoms with Crippen LogP contribution in [0.5, 0.6) is 0 Å². The highest BCUT2D eigenvalue weighted by molar-refractivity contribution is 9.10. The Morgan fingerprint density at radius 2 is 2.29 bits per heavy atom. The molecular formula is C11H12BrNS. The predicted molar refractivity (Wildman–Crippen MR) is 64.5 cm³/mol. The summed E-state index contributed by atoms with van der Waals surface area (Å²) in [5, 5.41) is 8.92.